The molecule has 3 aliphatic rings. The molecule has 356 valence electrons. The number of unbranched alkanes of at least 4 members (excludes halogenated alkanes) is 3. The smallest absolute Gasteiger partial charge is 0.323 e. The standard InChI is InChI=1S/C66H53N3O4/c1-6-7-8-13-31-67-56-34-39(69(37-21-24-42-40-15-9-11-19-52(40)65(2,3)54(42)32-37)38-22-25-43-41-16-10-12-20-53(41)66(4,5)55(43)33-38)23-26-47(56)60-48-18-14-17-44-45-27-29-49-62-50(64(73)68(63(49)72)36-58(70)71)30-28-46(61(45)62)51(59(44)48)35-57(60)67/h9-12,14-30,32-35H,6-8,13,31,36H2,1-5H3,(H,70,71). The van der Waals surface area contributed by atoms with Crippen LogP contribution >= 0.6 is 0 Å². The van der Waals surface area contributed by atoms with Crippen LogP contribution in [0, 0.1) is 0 Å². The molecule has 73 heavy (non-hydrogen) atoms. The quantitative estimate of drug-likeness (QED) is 0.0639. The molecule has 2 aliphatic carbocycles. The fourth-order valence-corrected chi connectivity index (χ4v) is 13.6. The molecule has 0 fully saturated rings. The van der Waals surface area contributed by atoms with Gasteiger partial charge in [0.25, 0.3) is 11.8 Å². The minimum Gasteiger partial charge on any atom is -0.480 e. The summed E-state index contributed by atoms with van der Waals surface area (Å²) in [6.07, 6.45) is 4.45. The zero-order valence-electron chi connectivity index (χ0n) is 41.7. The molecule has 0 radical (unpaired) electrons. The highest BCUT2D eigenvalue weighted by Gasteiger charge is 2.39. The maximum atomic E-state index is 13.9. The van der Waals surface area contributed by atoms with Crippen LogP contribution in [0.25, 0.3) is 87.1 Å². The second kappa shape index (κ2) is 15.4. The predicted octanol–water partition coefficient (Wildman–Crippen LogP) is 16.2. The highest BCUT2D eigenvalue weighted by atomic mass is 16.4. The number of carbonyl (C=O) groups excluding carboxylic acids is 2. The summed E-state index contributed by atoms with van der Waals surface area (Å²) in [5, 5.41) is 19.9. The first-order valence-corrected chi connectivity index (χ1v) is 25.9. The number of rotatable bonds is 10. The Morgan fingerprint density at radius 2 is 0.986 bits per heavy atom. The van der Waals surface area contributed by atoms with Gasteiger partial charge in [-0.1, -0.05) is 151 Å². The minimum absolute atomic E-state index is 0.179. The minimum atomic E-state index is -1.23. The zero-order valence-corrected chi connectivity index (χ0v) is 41.7. The van der Waals surface area contributed by atoms with Crippen molar-refractivity contribution in [2.24, 2.45) is 0 Å². The summed E-state index contributed by atoms with van der Waals surface area (Å²) in [5.41, 5.74) is 16.5. The lowest BCUT2D eigenvalue weighted by molar-refractivity contribution is -0.137. The first-order valence-electron chi connectivity index (χ1n) is 25.9. The summed E-state index contributed by atoms with van der Waals surface area (Å²) in [5.74, 6) is -2.40. The van der Waals surface area contributed by atoms with Crippen LogP contribution < -0.4 is 4.90 Å². The van der Waals surface area contributed by atoms with Crippen LogP contribution in [0.2, 0.25) is 0 Å². The van der Waals surface area contributed by atoms with Crippen LogP contribution in [0.15, 0.2) is 152 Å². The van der Waals surface area contributed by atoms with Crippen molar-refractivity contribution in [1.82, 2.24) is 9.47 Å². The Labute approximate surface area is 423 Å². The van der Waals surface area contributed by atoms with E-state index in [1.807, 2.05) is 12.1 Å². The van der Waals surface area contributed by atoms with E-state index in [1.165, 1.54) is 60.8 Å². The SMILES string of the molecule is CCCCCCn1c2cc(N(c3ccc4c(c3)C(C)(C)c3ccccc3-4)c3ccc4c(c3)C(C)(C)c3ccccc3-4)ccc2c2c3cccc4c5ccc6c7c(ccc(c(cc21)c43)c75)C(=O)N(CC(=O)O)C6=O. The molecule has 1 aliphatic heterocycles. The number of carboxylic acid groups (broad SMARTS) is 1. The maximum Gasteiger partial charge on any atom is 0.323 e. The molecule has 2 amide bonds. The largest absolute Gasteiger partial charge is 0.480 e. The number of aryl methyl sites for hydroxylation is 1. The predicted molar refractivity (Wildman–Crippen MR) is 298 cm³/mol. The van der Waals surface area contributed by atoms with Gasteiger partial charge in [0.1, 0.15) is 6.54 Å². The number of benzene rings is 10. The van der Waals surface area contributed by atoms with Gasteiger partial charge >= 0.3 is 5.97 Å². The van der Waals surface area contributed by atoms with Crippen LogP contribution in [0.1, 0.15) is 103 Å². The molecule has 0 atom stereocenters. The lowest BCUT2D eigenvalue weighted by Gasteiger charge is -2.30. The fraction of sp³-hybridized carbons (Fsp3) is 0.197. The molecule has 10 aromatic carbocycles. The molecule has 11 aromatic rings. The lowest BCUT2D eigenvalue weighted by Crippen LogP contribution is -2.43. The molecule has 2 heterocycles. The Kier molecular flexibility index (Phi) is 9.15. The third-order valence-corrected chi connectivity index (χ3v) is 17.1. The monoisotopic (exact) mass is 951 g/mol. The van der Waals surface area contributed by atoms with Gasteiger partial charge in [-0.05, 0) is 143 Å². The van der Waals surface area contributed by atoms with Crippen LogP contribution in [0.4, 0.5) is 17.1 Å². The number of nitrogens with zero attached hydrogens (tertiary/aromatic N) is 3. The van der Waals surface area contributed by atoms with Gasteiger partial charge in [0.05, 0.1) is 11.0 Å². The molecular formula is C66H53N3O4. The second-order valence-corrected chi connectivity index (χ2v) is 21.8. The number of aliphatic carboxylic acids is 1. The zero-order chi connectivity index (χ0) is 49.8. The van der Waals surface area contributed by atoms with Gasteiger partial charge in [0.15, 0.2) is 0 Å². The van der Waals surface area contributed by atoms with E-state index in [9.17, 15) is 19.5 Å². The second-order valence-electron chi connectivity index (χ2n) is 21.8. The Morgan fingerprint density at radius 3 is 1.60 bits per heavy atom. The third-order valence-electron chi connectivity index (χ3n) is 17.1. The number of imide groups is 1. The highest BCUT2D eigenvalue weighted by molar-refractivity contribution is 6.41. The van der Waals surface area contributed by atoms with Crippen molar-refractivity contribution in [3.8, 4) is 22.3 Å². The van der Waals surface area contributed by atoms with E-state index in [0.29, 0.717) is 16.5 Å². The Hall–Kier alpha value is -8.29. The first-order chi connectivity index (χ1) is 35.4. The van der Waals surface area contributed by atoms with Crippen molar-refractivity contribution in [2.45, 2.75) is 77.7 Å². The number of carboxylic acids is 1. The Balaban J connectivity index is 1.02. The number of amides is 2. The molecule has 1 aromatic heterocycles. The van der Waals surface area contributed by atoms with Gasteiger partial charge in [0.2, 0.25) is 0 Å². The molecular weight excluding hydrogens is 899 g/mol. The summed E-state index contributed by atoms with van der Waals surface area (Å²) in [6.45, 7) is 11.8. The normalized spacial score (nSPS) is 15.1. The first kappa shape index (κ1) is 43.5. The van der Waals surface area contributed by atoms with Crippen molar-refractivity contribution in [2.75, 3.05) is 11.4 Å². The van der Waals surface area contributed by atoms with E-state index >= 15 is 0 Å². The van der Waals surface area contributed by atoms with E-state index in [0.717, 1.165) is 97.4 Å². The van der Waals surface area contributed by atoms with E-state index in [4.69, 9.17) is 0 Å². The topological polar surface area (TPSA) is 82.8 Å². The third kappa shape index (κ3) is 5.90. The maximum absolute atomic E-state index is 13.9. The molecule has 0 saturated carbocycles. The number of fused-ring (bicyclic) bond motifs is 12. The van der Waals surface area contributed by atoms with Crippen LogP contribution in [0.3, 0.4) is 0 Å². The Morgan fingerprint density at radius 1 is 0.466 bits per heavy atom. The van der Waals surface area contributed by atoms with Gasteiger partial charge in [-0.2, -0.15) is 0 Å². The van der Waals surface area contributed by atoms with Gasteiger partial charge in [0, 0.05) is 61.7 Å². The molecule has 0 saturated heterocycles. The summed E-state index contributed by atoms with van der Waals surface area (Å²) >= 11 is 0. The molecule has 0 spiro atoms. The fourth-order valence-electron chi connectivity index (χ4n) is 13.6. The van der Waals surface area contributed by atoms with Crippen LogP contribution in [-0.4, -0.2) is 38.9 Å². The molecule has 7 heteroatoms. The summed E-state index contributed by atoms with van der Waals surface area (Å²) < 4.78 is 2.55. The Bertz CT molecular complexity index is 4140. The molecule has 0 bridgehead atoms. The van der Waals surface area contributed by atoms with Crippen molar-refractivity contribution >= 4 is 99.7 Å². The van der Waals surface area contributed by atoms with Gasteiger partial charge < -0.3 is 14.6 Å². The summed E-state index contributed by atoms with van der Waals surface area (Å²) in [6, 6.07) is 55.4. The van der Waals surface area contributed by atoms with Gasteiger partial charge in [-0.3, -0.25) is 19.3 Å². The number of anilines is 3. The van der Waals surface area contributed by atoms with E-state index < -0.39 is 24.3 Å². The number of aromatic nitrogens is 1. The number of hydrogen-bond acceptors (Lipinski definition) is 4. The lowest BCUT2D eigenvalue weighted by atomic mass is 9.82. The van der Waals surface area contributed by atoms with E-state index in [1.54, 1.807) is 12.1 Å². The van der Waals surface area contributed by atoms with Crippen LogP contribution in [-0.2, 0) is 22.2 Å². The highest BCUT2D eigenvalue weighted by Crippen LogP contribution is 2.54. The average molecular weight is 952 g/mol. The van der Waals surface area contributed by atoms with Crippen molar-refractivity contribution < 1.29 is 19.5 Å². The van der Waals surface area contributed by atoms with Gasteiger partial charge in [-0.25, -0.2) is 0 Å². The van der Waals surface area contributed by atoms with Gasteiger partial charge in [-0.15, -0.1) is 0 Å². The number of carbonyl (C=O) groups is 3. The van der Waals surface area contributed by atoms with E-state index in [2.05, 4.69) is 171 Å². The van der Waals surface area contributed by atoms with Crippen molar-refractivity contribution in [1.29, 1.82) is 0 Å². The molecule has 14 rings (SSSR count). The molecule has 7 nitrogen and oxygen atoms in total. The van der Waals surface area contributed by atoms with Crippen LogP contribution in [0.5, 0.6) is 0 Å². The average Bonchev–Trinajstić information content (AvgIpc) is 3.93. The molecule has 0 unspecified atom stereocenters. The van der Waals surface area contributed by atoms with E-state index in [-0.39, 0.29) is 10.8 Å². The van der Waals surface area contributed by atoms with Crippen molar-refractivity contribution in [3.05, 3.63) is 185 Å². The molecule has 1 N–H and O–H groups in total. The number of hydrogen-bond donors (Lipinski definition) is 1. The summed E-state index contributed by atoms with van der Waals surface area (Å²) in [7, 11) is 0. The van der Waals surface area contributed by atoms with Crippen molar-refractivity contribution in [3.63, 3.8) is 0 Å². The summed E-state index contributed by atoms with van der Waals surface area (Å²) in [4.78, 5) is 43.0.